The summed E-state index contributed by atoms with van der Waals surface area (Å²) in [6, 6.07) is 21.5. The molecule has 0 radical (unpaired) electrons. The Morgan fingerprint density at radius 3 is 2.38 bits per heavy atom. The summed E-state index contributed by atoms with van der Waals surface area (Å²) in [6.45, 7) is 0.963. The second kappa shape index (κ2) is 8.58. The maximum Gasteiger partial charge on any atom is 0.254 e. The molecule has 5 nitrogen and oxygen atoms in total. The van der Waals surface area contributed by atoms with E-state index in [0.717, 1.165) is 42.4 Å². The largest absolute Gasteiger partial charge is 0.351 e. The van der Waals surface area contributed by atoms with Crippen LogP contribution in [-0.4, -0.2) is 27.2 Å². The molecule has 1 saturated carbocycles. The monoisotopic (exact) mass is 425 g/mol. The third-order valence-corrected chi connectivity index (χ3v) is 6.95. The van der Waals surface area contributed by atoms with Crippen LogP contribution in [0.25, 0.3) is 0 Å². The van der Waals surface area contributed by atoms with Crippen LogP contribution in [0.15, 0.2) is 79.1 Å². The van der Waals surface area contributed by atoms with Crippen molar-refractivity contribution in [3.63, 3.8) is 0 Å². The number of pyridine rings is 1. The fourth-order valence-corrected chi connectivity index (χ4v) is 5.45. The smallest absolute Gasteiger partial charge is 0.254 e. The van der Waals surface area contributed by atoms with Gasteiger partial charge in [-0.2, -0.15) is 0 Å². The molecule has 0 saturated heterocycles. The van der Waals surface area contributed by atoms with Crippen LogP contribution >= 0.6 is 0 Å². The first kappa shape index (κ1) is 20.4. The molecule has 1 aromatic heterocycles. The van der Waals surface area contributed by atoms with Gasteiger partial charge in [0.05, 0.1) is 11.5 Å². The third kappa shape index (κ3) is 3.58. The van der Waals surface area contributed by atoms with Crippen LogP contribution in [0.5, 0.6) is 0 Å². The highest BCUT2D eigenvalue weighted by atomic mass is 16.2. The highest BCUT2D eigenvalue weighted by Crippen LogP contribution is 2.50. The molecule has 5 heteroatoms. The molecule has 1 fully saturated rings. The molecule has 1 unspecified atom stereocenters. The molecule has 2 amide bonds. The van der Waals surface area contributed by atoms with Crippen LogP contribution in [0.3, 0.4) is 0 Å². The van der Waals surface area contributed by atoms with E-state index in [1.165, 1.54) is 0 Å². The average Bonchev–Trinajstić information content (AvgIpc) is 3.32. The lowest BCUT2D eigenvalue weighted by Crippen LogP contribution is -2.60. The molecule has 1 aliphatic heterocycles. The Hall–Kier alpha value is -3.47. The minimum absolute atomic E-state index is 0.0123. The topological polar surface area (TPSA) is 62.3 Å². The number of benzene rings is 2. The zero-order valence-corrected chi connectivity index (χ0v) is 18.0. The van der Waals surface area contributed by atoms with Gasteiger partial charge in [0.15, 0.2) is 0 Å². The SMILES string of the molecule is O=C(NCc1ccncc1)C1c2ccccc2C(=O)N(Cc2ccccc2)C12CCCC2. The molecular formula is C27H27N3O2. The molecule has 162 valence electrons. The Morgan fingerprint density at radius 1 is 0.938 bits per heavy atom. The van der Waals surface area contributed by atoms with Crippen molar-refractivity contribution < 1.29 is 9.59 Å². The lowest BCUT2D eigenvalue weighted by atomic mass is 9.71. The molecule has 3 aromatic rings. The van der Waals surface area contributed by atoms with Crippen molar-refractivity contribution in [2.75, 3.05) is 0 Å². The number of amides is 2. The van der Waals surface area contributed by atoms with Gasteiger partial charge in [0.2, 0.25) is 5.91 Å². The van der Waals surface area contributed by atoms with E-state index >= 15 is 0 Å². The van der Waals surface area contributed by atoms with Crippen LogP contribution in [0.1, 0.15) is 58.6 Å². The fourth-order valence-electron chi connectivity index (χ4n) is 5.45. The molecule has 5 rings (SSSR count). The van der Waals surface area contributed by atoms with Crippen LogP contribution in [0, 0.1) is 0 Å². The van der Waals surface area contributed by atoms with Gasteiger partial charge in [-0.25, -0.2) is 0 Å². The number of aromatic nitrogens is 1. The van der Waals surface area contributed by atoms with E-state index in [9.17, 15) is 9.59 Å². The van der Waals surface area contributed by atoms with Gasteiger partial charge in [-0.1, -0.05) is 61.4 Å². The fraction of sp³-hybridized carbons (Fsp3) is 0.296. The minimum Gasteiger partial charge on any atom is -0.351 e. The normalized spacial score (nSPS) is 19.1. The second-order valence-electron chi connectivity index (χ2n) is 8.78. The van der Waals surface area contributed by atoms with Crippen molar-refractivity contribution in [3.8, 4) is 0 Å². The number of rotatable bonds is 5. The summed E-state index contributed by atoms with van der Waals surface area (Å²) in [5.74, 6) is -0.365. The summed E-state index contributed by atoms with van der Waals surface area (Å²) >= 11 is 0. The summed E-state index contributed by atoms with van der Waals surface area (Å²) in [4.78, 5) is 33.5. The van der Waals surface area contributed by atoms with Gasteiger partial charge in [-0.15, -0.1) is 0 Å². The van der Waals surface area contributed by atoms with Crippen molar-refractivity contribution in [2.45, 2.75) is 50.2 Å². The number of fused-ring (bicyclic) bond motifs is 1. The standard InChI is InChI=1S/C27H27N3O2/c31-25(29-18-20-12-16-28-17-13-20)24-22-10-4-5-11-23(22)26(32)30(27(24)14-6-7-15-27)19-21-8-2-1-3-9-21/h1-5,8-13,16-17,24H,6-7,14-15,18-19H2,(H,29,31). The van der Waals surface area contributed by atoms with Crippen LogP contribution in [-0.2, 0) is 17.9 Å². The lowest BCUT2D eigenvalue weighted by Gasteiger charge is -2.50. The van der Waals surface area contributed by atoms with Crippen molar-refractivity contribution in [1.29, 1.82) is 0 Å². The first-order valence-corrected chi connectivity index (χ1v) is 11.3. The molecular weight excluding hydrogens is 398 g/mol. The Morgan fingerprint density at radius 2 is 1.62 bits per heavy atom. The zero-order chi connectivity index (χ0) is 22.0. The molecule has 1 spiro atoms. The second-order valence-corrected chi connectivity index (χ2v) is 8.78. The molecule has 2 aliphatic rings. The first-order valence-electron chi connectivity index (χ1n) is 11.3. The van der Waals surface area contributed by atoms with Gasteiger partial charge in [0.25, 0.3) is 5.91 Å². The summed E-state index contributed by atoms with van der Waals surface area (Å²) in [5.41, 5.74) is 3.10. The third-order valence-electron chi connectivity index (χ3n) is 6.95. The Balaban J connectivity index is 1.54. The molecule has 1 atom stereocenters. The van der Waals surface area contributed by atoms with Crippen molar-refractivity contribution in [3.05, 3.63) is 101 Å². The number of hydrogen-bond donors (Lipinski definition) is 1. The summed E-state index contributed by atoms with van der Waals surface area (Å²) < 4.78 is 0. The number of carbonyl (C=O) groups is 2. The van der Waals surface area contributed by atoms with Gasteiger partial charge in [-0.05, 0) is 47.7 Å². The van der Waals surface area contributed by atoms with Crippen LogP contribution in [0.4, 0.5) is 0 Å². The van der Waals surface area contributed by atoms with Gasteiger partial charge in [0, 0.05) is 31.0 Å². The minimum atomic E-state index is -0.496. The van der Waals surface area contributed by atoms with E-state index in [1.54, 1.807) is 12.4 Å². The quantitative estimate of drug-likeness (QED) is 0.657. The average molecular weight is 426 g/mol. The van der Waals surface area contributed by atoms with Crippen molar-refractivity contribution in [2.24, 2.45) is 0 Å². The van der Waals surface area contributed by atoms with Gasteiger partial charge >= 0.3 is 0 Å². The highest BCUT2D eigenvalue weighted by Gasteiger charge is 2.55. The summed E-state index contributed by atoms with van der Waals surface area (Å²) in [5, 5.41) is 3.16. The van der Waals surface area contributed by atoms with E-state index < -0.39 is 5.54 Å². The van der Waals surface area contributed by atoms with E-state index in [4.69, 9.17) is 0 Å². The van der Waals surface area contributed by atoms with Crippen molar-refractivity contribution in [1.82, 2.24) is 15.2 Å². The number of carbonyl (C=O) groups excluding carboxylic acids is 2. The number of nitrogens with zero attached hydrogens (tertiary/aromatic N) is 2. The van der Waals surface area contributed by atoms with Gasteiger partial charge < -0.3 is 10.2 Å². The van der Waals surface area contributed by atoms with Crippen LogP contribution < -0.4 is 5.32 Å². The first-order chi connectivity index (χ1) is 15.7. The molecule has 0 bridgehead atoms. The number of nitrogens with one attached hydrogen (secondary N) is 1. The van der Waals surface area contributed by atoms with Crippen molar-refractivity contribution >= 4 is 11.8 Å². The van der Waals surface area contributed by atoms with E-state index in [2.05, 4.69) is 22.4 Å². The summed E-state index contributed by atoms with van der Waals surface area (Å²) in [7, 11) is 0. The molecule has 2 aromatic carbocycles. The predicted molar refractivity (Wildman–Crippen MR) is 123 cm³/mol. The van der Waals surface area contributed by atoms with Gasteiger partial charge in [-0.3, -0.25) is 14.6 Å². The van der Waals surface area contributed by atoms with Gasteiger partial charge in [0.1, 0.15) is 0 Å². The highest BCUT2D eigenvalue weighted by molar-refractivity contribution is 6.02. The molecule has 32 heavy (non-hydrogen) atoms. The van der Waals surface area contributed by atoms with E-state index in [1.807, 2.05) is 59.5 Å². The molecule has 1 N–H and O–H groups in total. The Labute approximate surface area is 188 Å². The lowest BCUT2D eigenvalue weighted by molar-refractivity contribution is -0.126. The summed E-state index contributed by atoms with van der Waals surface area (Å²) in [6.07, 6.45) is 7.19. The van der Waals surface area contributed by atoms with E-state index in [-0.39, 0.29) is 17.7 Å². The Kier molecular flexibility index (Phi) is 5.48. The maximum absolute atomic E-state index is 13.7. The zero-order valence-electron chi connectivity index (χ0n) is 18.0. The number of hydrogen-bond acceptors (Lipinski definition) is 3. The predicted octanol–water partition coefficient (Wildman–Crippen LogP) is 4.45. The molecule has 2 heterocycles. The van der Waals surface area contributed by atoms with Crippen LogP contribution in [0.2, 0.25) is 0 Å². The molecule has 1 aliphatic carbocycles. The maximum atomic E-state index is 13.7. The Bertz CT molecular complexity index is 1110. The van der Waals surface area contributed by atoms with E-state index in [0.29, 0.717) is 18.7 Å².